The van der Waals surface area contributed by atoms with Gasteiger partial charge in [-0.05, 0) is 39.0 Å². The quantitative estimate of drug-likeness (QED) is 0.600. The van der Waals surface area contributed by atoms with Gasteiger partial charge in [0, 0.05) is 5.41 Å². The van der Waals surface area contributed by atoms with Crippen molar-refractivity contribution < 1.29 is 4.84 Å². The summed E-state index contributed by atoms with van der Waals surface area (Å²) in [6.45, 7) is 2.71. The number of nitrogens with zero attached hydrogens (tertiary/aromatic N) is 1. The first-order chi connectivity index (χ1) is 6.37. The summed E-state index contributed by atoms with van der Waals surface area (Å²) >= 11 is 0. The highest BCUT2D eigenvalue weighted by Crippen LogP contribution is 2.48. The smallest absolute Gasteiger partial charge is 0.114 e. The van der Waals surface area contributed by atoms with Crippen molar-refractivity contribution in [3.05, 3.63) is 0 Å². The molecule has 2 rings (SSSR count). The molecule has 2 fully saturated rings. The Balaban J connectivity index is 2.08. The van der Waals surface area contributed by atoms with E-state index in [0.717, 1.165) is 0 Å². The molecule has 2 saturated carbocycles. The minimum Gasteiger partial charge on any atom is -0.396 e. The highest BCUT2D eigenvalue weighted by Gasteiger charge is 2.42. The van der Waals surface area contributed by atoms with E-state index in [9.17, 15) is 0 Å². The fraction of sp³-hybridized carbons (Fsp3) is 0.909. The second-order valence-electron chi connectivity index (χ2n) is 4.30. The predicted octanol–water partition coefficient (Wildman–Crippen LogP) is 3.12. The maximum absolute atomic E-state index is 5.19. The van der Waals surface area contributed by atoms with E-state index in [1.807, 2.05) is 6.92 Å². The molecule has 0 saturated heterocycles. The molecule has 74 valence electrons. The van der Waals surface area contributed by atoms with Crippen molar-refractivity contribution in [3.8, 4) is 0 Å². The van der Waals surface area contributed by atoms with Crippen LogP contribution >= 0.6 is 0 Å². The molecule has 0 aromatic carbocycles. The van der Waals surface area contributed by atoms with Gasteiger partial charge in [0.05, 0.1) is 5.71 Å². The van der Waals surface area contributed by atoms with Crippen LogP contribution in [-0.2, 0) is 4.84 Å². The van der Waals surface area contributed by atoms with Crippen molar-refractivity contribution in [1.82, 2.24) is 0 Å². The molecule has 0 aromatic heterocycles. The summed E-state index contributed by atoms with van der Waals surface area (Å²) in [4.78, 5) is 5.19. The Labute approximate surface area is 80.3 Å². The summed E-state index contributed by atoms with van der Waals surface area (Å²) in [5, 5.41) is 4.29. The molecule has 0 heterocycles. The van der Waals surface area contributed by atoms with Crippen LogP contribution in [0.5, 0.6) is 0 Å². The lowest BCUT2D eigenvalue weighted by atomic mass is 9.83. The molecule has 0 radical (unpaired) electrons. The van der Waals surface area contributed by atoms with Gasteiger partial charge in [-0.2, -0.15) is 0 Å². The third-order valence-electron chi connectivity index (χ3n) is 3.55. The molecule has 0 atom stereocenters. The zero-order valence-corrected chi connectivity index (χ0v) is 8.51. The number of hydrogen-bond donors (Lipinski definition) is 0. The van der Waals surface area contributed by atoms with Gasteiger partial charge in [-0.3, -0.25) is 0 Å². The van der Waals surface area contributed by atoms with Crippen LogP contribution in [0.15, 0.2) is 5.16 Å². The second-order valence-corrected chi connectivity index (χ2v) is 4.30. The molecule has 0 bridgehead atoms. The molecular weight excluding hydrogens is 162 g/mol. The van der Waals surface area contributed by atoms with Crippen LogP contribution in [0.4, 0.5) is 0 Å². The van der Waals surface area contributed by atoms with E-state index in [-0.39, 0.29) is 0 Å². The van der Waals surface area contributed by atoms with Gasteiger partial charge >= 0.3 is 0 Å². The zero-order chi connectivity index (χ0) is 9.15. The summed E-state index contributed by atoms with van der Waals surface area (Å²) in [6.07, 6.45) is 9.37. The number of hydrogen-bond acceptors (Lipinski definition) is 2. The third-order valence-corrected chi connectivity index (χ3v) is 3.55. The van der Waals surface area contributed by atoms with Gasteiger partial charge in [0.25, 0.3) is 0 Å². The van der Waals surface area contributed by atoms with Gasteiger partial charge in [-0.25, -0.2) is 0 Å². The van der Waals surface area contributed by atoms with Gasteiger partial charge < -0.3 is 4.84 Å². The van der Waals surface area contributed by atoms with E-state index >= 15 is 0 Å². The van der Waals surface area contributed by atoms with Crippen LogP contribution in [-0.4, -0.2) is 12.3 Å². The van der Waals surface area contributed by atoms with E-state index in [0.29, 0.717) is 12.0 Å². The van der Waals surface area contributed by atoms with E-state index in [2.05, 4.69) is 5.16 Å². The van der Waals surface area contributed by atoms with Crippen LogP contribution in [0.1, 0.15) is 51.9 Å². The first kappa shape index (κ1) is 9.04. The van der Waals surface area contributed by atoms with Crippen molar-refractivity contribution in [2.75, 3.05) is 6.61 Å². The monoisotopic (exact) mass is 181 g/mol. The number of oxime groups is 1. The van der Waals surface area contributed by atoms with Crippen molar-refractivity contribution in [3.63, 3.8) is 0 Å². The molecule has 0 unspecified atom stereocenters. The summed E-state index contributed by atoms with van der Waals surface area (Å²) in [5.74, 6) is 0. The van der Waals surface area contributed by atoms with Gasteiger partial charge in [0.1, 0.15) is 6.61 Å². The highest BCUT2D eigenvalue weighted by molar-refractivity contribution is 5.91. The summed E-state index contributed by atoms with van der Waals surface area (Å²) < 4.78 is 0. The molecule has 1 spiro atoms. The maximum Gasteiger partial charge on any atom is 0.114 e. The standard InChI is InChI=1S/C11H19NO/c1-2-13-12-10-6-5-9-11(10)7-3-4-8-11/h2-9H2,1H3/b12-10-. The summed E-state index contributed by atoms with van der Waals surface area (Å²) in [5.41, 5.74) is 1.85. The predicted molar refractivity (Wildman–Crippen MR) is 53.8 cm³/mol. The van der Waals surface area contributed by atoms with Gasteiger partial charge in [0.2, 0.25) is 0 Å². The molecule has 2 aliphatic carbocycles. The van der Waals surface area contributed by atoms with E-state index < -0.39 is 0 Å². The molecule has 13 heavy (non-hydrogen) atoms. The van der Waals surface area contributed by atoms with Gasteiger partial charge in [-0.15, -0.1) is 0 Å². The fourth-order valence-corrected chi connectivity index (χ4v) is 2.88. The van der Waals surface area contributed by atoms with Crippen molar-refractivity contribution >= 4 is 5.71 Å². The van der Waals surface area contributed by atoms with Crippen LogP contribution in [0.25, 0.3) is 0 Å². The maximum atomic E-state index is 5.19. The first-order valence-corrected chi connectivity index (χ1v) is 5.57. The van der Waals surface area contributed by atoms with Crippen molar-refractivity contribution in [2.24, 2.45) is 10.6 Å². The molecule has 0 aliphatic heterocycles. The summed E-state index contributed by atoms with van der Waals surface area (Å²) in [7, 11) is 0. The lowest BCUT2D eigenvalue weighted by Crippen LogP contribution is -2.21. The Morgan fingerprint density at radius 2 is 1.92 bits per heavy atom. The minimum absolute atomic E-state index is 0.481. The molecular formula is C11H19NO. The van der Waals surface area contributed by atoms with Gasteiger partial charge in [0.15, 0.2) is 0 Å². The first-order valence-electron chi connectivity index (χ1n) is 5.57. The second kappa shape index (κ2) is 3.69. The third kappa shape index (κ3) is 1.59. The van der Waals surface area contributed by atoms with Crippen LogP contribution < -0.4 is 0 Å². The van der Waals surface area contributed by atoms with E-state index in [1.165, 1.54) is 50.7 Å². The fourth-order valence-electron chi connectivity index (χ4n) is 2.88. The van der Waals surface area contributed by atoms with Crippen molar-refractivity contribution in [1.29, 1.82) is 0 Å². The lowest BCUT2D eigenvalue weighted by Gasteiger charge is -2.22. The normalized spacial score (nSPS) is 28.8. The Kier molecular flexibility index (Phi) is 2.56. The molecule has 0 N–H and O–H groups in total. The zero-order valence-electron chi connectivity index (χ0n) is 8.51. The largest absolute Gasteiger partial charge is 0.396 e. The Morgan fingerprint density at radius 3 is 2.62 bits per heavy atom. The average molecular weight is 181 g/mol. The highest BCUT2D eigenvalue weighted by atomic mass is 16.6. The molecule has 2 aliphatic rings. The van der Waals surface area contributed by atoms with Crippen molar-refractivity contribution in [2.45, 2.75) is 51.9 Å². The van der Waals surface area contributed by atoms with Crippen LogP contribution in [0, 0.1) is 5.41 Å². The topological polar surface area (TPSA) is 21.6 Å². The van der Waals surface area contributed by atoms with Crippen LogP contribution in [0.3, 0.4) is 0 Å². The van der Waals surface area contributed by atoms with Gasteiger partial charge in [-0.1, -0.05) is 18.0 Å². The Morgan fingerprint density at radius 1 is 1.23 bits per heavy atom. The molecule has 2 nitrogen and oxygen atoms in total. The minimum atomic E-state index is 0.481. The van der Waals surface area contributed by atoms with E-state index in [1.54, 1.807) is 0 Å². The van der Waals surface area contributed by atoms with Crippen LogP contribution in [0.2, 0.25) is 0 Å². The SMILES string of the molecule is CCO/N=C1/CCCC12CCCC2. The van der Waals surface area contributed by atoms with E-state index in [4.69, 9.17) is 4.84 Å². The molecule has 0 amide bonds. The number of rotatable bonds is 2. The summed E-state index contributed by atoms with van der Waals surface area (Å²) in [6, 6.07) is 0. The molecule has 0 aromatic rings. The Bertz CT molecular complexity index is 199. The Hall–Kier alpha value is -0.530. The lowest BCUT2D eigenvalue weighted by molar-refractivity contribution is 0.154. The average Bonchev–Trinajstić information content (AvgIpc) is 2.75. The molecule has 2 heteroatoms.